The first-order valence-electron chi connectivity index (χ1n) is 9.22. The Morgan fingerprint density at radius 1 is 1.21 bits per heavy atom. The summed E-state index contributed by atoms with van der Waals surface area (Å²) in [6.07, 6.45) is 0. The number of hydroxylamine groups is 2. The minimum absolute atomic E-state index is 0.0211. The van der Waals surface area contributed by atoms with Gasteiger partial charge in [0.1, 0.15) is 11.9 Å². The van der Waals surface area contributed by atoms with E-state index in [0.29, 0.717) is 47.7 Å². The van der Waals surface area contributed by atoms with Crippen LogP contribution in [0.1, 0.15) is 5.56 Å². The fourth-order valence-electron chi connectivity index (χ4n) is 3.62. The number of oxime groups is 1. The van der Waals surface area contributed by atoms with E-state index in [1.165, 1.54) is 6.07 Å². The van der Waals surface area contributed by atoms with Gasteiger partial charge in [-0.25, -0.2) is 4.39 Å². The number of morpholine rings is 1. The van der Waals surface area contributed by atoms with Crippen molar-refractivity contribution in [2.45, 2.75) is 6.04 Å². The SMILES string of the molecule is O/N=C(/C1CN(O)C(c2ccccc2F)=c2cc(Cl)ccc2=N1)N1CCOCC1. The lowest BCUT2D eigenvalue weighted by Gasteiger charge is -2.32. The van der Waals surface area contributed by atoms with E-state index >= 15 is 0 Å². The zero-order chi connectivity index (χ0) is 20.4. The smallest absolute Gasteiger partial charge is 0.171 e. The van der Waals surface area contributed by atoms with Crippen LogP contribution in [-0.2, 0) is 4.74 Å². The first kappa shape index (κ1) is 19.6. The summed E-state index contributed by atoms with van der Waals surface area (Å²) in [5, 5.41) is 26.5. The van der Waals surface area contributed by atoms with E-state index in [1.807, 2.05) is 4.90 Å². The molecule has 1 unspecified atom stereocenters. The van der Waals surface area contributed by atoms with Gasteiger partial charge in [0.15, 0.2) is 5.84 Å². The van der Waals surface area contributed by atoms with Gasteiger partial charge in [0, 0.05) is 28.9 Å². The third-order valence-corrected chi connectivity index (χ3v) is 5.21. The summed E-state index contributed by atoms with van der Waals surface area (Å²) in [4.78, 5) is 6.58. The standard InChI is InChI=1S/C20H20ClFN4O3/c21-13-5-6-17-15(11-13)19(14-3-1-2-4-16(14)22)26(28)12-18(23-17)20(24-27)25-7-9-29-10-8-25/h1-6,11,18,27-28H,7-10,12H2/b24-20-. The Balaban J connectivity index is 1.89. The van der Waals surface area contributed by atoms with Crippen LogP contribution < -0.4 is 10.6 Å². The van der Waals surface area contributed by atoms with Crippen LogP contribution in [0.2, 0.25) is 5.02 Å². The highest BCUT2D eigenvalue weighted by atomic mass is 35.5. The van der Waals surface area contributed by atoms with Crippen molar-refractivity contribution >= 4 is 23.1 Å². The van der Waals surface area contributed by atoms with Crippen molar-refractivity contribution < 1.29 is 19.5 Å². The van der Waals surface area contributed by atoms with Gasteiger partial charge in [-0.1, -0.05) is 28.9 Å². The molecular weight excluding hydrogens is 399 g/mol. The van der Waals surface area contributed by atoms with Crippen LogP contribution in [0.25, 0.3) is 5.70 Å². The number of nitrogens with zero attached hydrogens (tertiary/aromatic N) is 4. The number of hydrogen-bond donors (Lipinski definition) is 2. The Morgan fingerprint density at radius 3 is 2.69 bits per heavy atom. The summed E-state index contributed by atoms with van der Waals surface area (Å²) in [6, 6.07) is 10.5. The number of hydrogen-bond acceptors (Lipinski definition) is 6. The second-order valence-corrected chi connectivity index (χ2v) is 7.21. The van der Waals surface area contributed by atoms with Gasteiger partial charge < -0.3 is 14.8 Å². The number of amidine groups is 1. The molecule has 29 heavy (non-hydrogen) atoms. The minimum Gasteiger partial charge on any atom is -0.409 e. The van der Waals surface area contributed by atoms with E-state index in [2.05, 4.69) is 5.16 Å². The molecule has 0 amide bonds. The quantitative estimate of drug-likeness (QED) is 0.334. The Labute approximate surface area is 171 Å². The van der Waals surface area contributed by atoms with E-state index in [9.17, 15) is 14.8 Å². The number of rotatable bonds is 2. The molecular formula is C20H20ClFN4O3. The van der Waals surface area contributed by atoms with Crippen molar-refractivity contribution in [3.8, 4) is 0 Å². The molecule has 2 aromatic carbocycles. The van der Waals surface area contributed by atoms with Gasteiger partial charge in [-0.05, 0) is 30.3 Å². The molecule has 1 fully saturated rings. The lowest BCUT2D eigenvalue weighted by atomic mass is 10.1. The molecule has 2 aliphatic heterocycles. The van der Waals surface area contributed by atoms with Crippen LogP contribution in [0, 0.1) is 5.82 Å². The molecule has 0 saturated carbocycles. The molecule has 1 saturated heterocycles. The lowest BCUT2D eigenvalue weighted by Crippen LogP contribution is -2.48. The van der Waals surface area contributed by atoms with Crippen molar-refractivity contribution in [2.24, 2.45) is 10.1 Å². The van der Waals surface area contributed by atoms with Crippen LogP contribution in [0.5, 0.6) is 0 Å². The molecule has 0 spiro atoms. The lowest BCUT2D eigenvalue weighted by molar-refractivity contribution is -0.0288. The predicted octanol–water partition coefficient (Wildman–Crippen LogP) is 1.45. The molecule has 0 bridgehead atoms. The van der Waals surface area contributed by atoms with Crippen molar-refractivity contribution in [1.82, 2.24) is 9.96 Å². The Morgan fingerprint density at radius 2 is 1.97 bits per heavy atom. The molecule has 7 nitrogen and oxygen atoms in total. The highest BCUT2D eigenvalue weighted by Gasteiger charge is 2.29. The van der Waals surface area contributed by atoms with E-state index in [1.54, 1.807) is 36.4 Å². The van der Waals surface area contributed by atoms with Crippen molar-refractivity contribution in [3.05, 3.63) is 69.4 Å². The fraction of sp³-hybridized carbons (Fsp3) is 0.300. The molecule has 2 N–H and O–H groups in total. The number of ether oxygens (including phenoxy) is 1. The molecule has 2 aliphatic rings. The predicted molar refractivity (Wildman–Crippen MR) is 105 cm³/mol. The van der Waals surface area contributed by atoms with Crippen LogP contribution in [0.3, 0.4) is 0 Å². The highest BCUT2D eigenvalue weighted by Crippen LogP contribution is 2.21. The van der Waals surface area contributed by atoms with E-state index < -0.39 is 11.9 Å². The summed E-state index contributed by atoms with van der Waals surface area (Å²) in [6.45, 7) is 2.09. The zero-order valence-electron chi connectivity index (χ0n) is 15.5. The maximum atomic E-state index is 14.6. The van der Waals surface area contributed by atoms with Crippen molar-refractivity contribution in [1.29, 1.82) is 0 Å². The Kier molecular flexibility index (Phi) is 5.66. The van der Waals surface area contributed by atoms with E-state index in [0.717, 1.165) is 5.06 Å². The van der Waals surface area contributed by atoms with Crippen LogP contribution >= 0.6 is 11.6 Å². The molecule has 0 radical (unpaired) electrons. The normalized spacial score (nSPS) is 20.2. The maximum Gasteiger partial charge on any atom is 0.171 e. The van der Waals surface area contributed by atoms with E-state index in [4.69, 9.17) is 21.3 Å². The zero-order valence-corrected chi connectivity index (χ0v) is 16.3. The average molecular weight is 419 g/mol. The summed E-state index contributed by atoms with van der Waals surface area (Å²) in [5.74, 6) is -0.154. The topological polar surface area (TPSA) is 80.9 Å². The summed E-state index contributed by atoms with van der Waals surface area (Å²) < 4.78 is 19.9. The van der Waals surface area contributed by atoms with Gasteiger partial charge in [-0.3, -0.25) is 15.3 Å². The fourth-order valence-corrected chi connectivity index (χ4v) is 3.80. The van der Waals surface area contributed by atoms with Gasteiger partial charge >= 0.3 is 0 Å². The number of benzene rings is 2. The largest absolute Gasteiger partial charge is 0.409 e. The molecule has 0 aromatic heterocycles. The molecule has 0 aliphatic carbocycles. The third-order valence-electron chi connectivity index (χ3n) is 4.98. The van der Waals surface area contributed by atoms with Crippen molar-refractivity contribution in [2.75, 3.05) is 32.8 Å². The van der Waals surface area contributed by atoms with Crippen LogP contribution in [-0.4, -0.2) is 65.1 Å². The average Bonchev–Trinajstić information content (AvgIpc) is 2.86. The second kappa shape index (κ2) is 8.36. The van der Waals surface area contributed by atoms with Crippen molar-refractivity contribution in [3.63, 3.8) is 0 Å². The highest BCUT2D eigenvalue weighted by molar-refractivity contribution is 6.30. The second-order valence-electron chi connectivity index (χ2n) is 6.77. The van der Waals surface area contributed by atoms with Crippen LogP contribution in [0.15, 0.2) is 52.6 Å². The summed E-state index contributed by atoms with van der Waals surface area (Å²) >= 11 is 6.18. The molecule has 9 heteroatoms. The first-order chi connectivity index (χ1) is 14.1. The summed E-state index contributed by atoms with van der Waals surface area (Å²) in [5.41, 5.74) is 0.481. The van der Waals surface area contributed by atoms with Gasteiger partial charge in [0.05, 0.1) is 30.8 Å². The molecule has 1 atom stereocenters. The maximum absolute atomic E-state index is 14.6. The Bertz CT molecular complexity index is 1060. The first-order valence-corrected chi connectivity index (χ1v) is 9.60. The molecule has 2 aromatic rings. The van der Waals surface area contributed by atoms with Gasteiger partial charge in [0.2, 0.25) is 0 Å². The molecule has 4 rings (SSSR count). The van der Waals surface area contributed by atoms with Crippen LogP contribution in [0.4, 0.5) is 4.39 Å². The van der Waals surface area contributed by atoms with Gasteiger partial charge in [0.25, 0.3) is 0 Å². The third kappa shape index (κ3) is 3.91. The molecule has 152 valence electrons. The molecule has 2 heterocycles. The van der Waals surface area contributed by atoms with Gasteiger partial charge in [-0.2, -0.15) is 0 Å². The summed E-state index contributed by atoms with van der Waals surface area (Å²) in [7, 11) is 0. The van der Waals surface area contributed by atoms with E-state index in [-0.39, 0.29) is 17.8 Å². The monoisotopic (exact) mass is 418 g/mol. The number of halogens is 2. The number of fused-ring (bicyclic) bond motifs is 1. The van der Waals surface area contributed by atoms with Gasteiger partial charge in [-0.15, -0.1) is 0 Å². The minimum atomic E-state index is -0.674. The Hall–Kier alpha value is -2.68.